The zero-order chi connectivity index (χ0) is 14.4. The van der Waals surface area contributed by atoms with Crippen LogP contribution in [0.3, 0.4) is 0 Å². The van der Waals surface area contributed by atoms with E-state index in [0.29, 0.717) is 11.4 Å². The average molecular weight is 296 g/mol. The van der Waals surface area contributed by atoms with Crippen molar-refractivity contribution in [3.05, 3.63) is 29.8 Å². The smallest absolute Gasteiger partial charge is 0.240 e. The van der Waals surface area contributed by atoms with Gasteiger partial charge in [-0.15, -0.1) is 0 Å². The van der Waals surface area contributed by atoms with Gasteiger partial charge in [0.05, 0.1) is 4.90 Å². The summed E-state index contributed by atoms with van der Waals surface area (Å²) in [4.78, 5) is 2.77. The lowest BCUT2D eigenvalue weighted by Gasteiger charge is -2.26. The maximum atomic E-state index is 12.1. The standard InChI is InChI=1S/C15H24N2O2S/c1-14-6-8-15(9-7-14)20(18,19)16-10-5-13-17-11-3-2-4-12-17/h6-9,16H,2-5,10-13H2,1H3. The Morgan fingerprint density at radius 1 is 1.10 bits per heavy atom. The summed E-state index contributed by atoms with van der Waals surface area (Å²) >= 11 is 0. The molecule has 0 amide bonds. The molecule has 0 unspecified atom stereocenters. The molecule has 1 N–H and O–H groups in total. The maximum Gasteiger partial charge on any atom is 0.240 e. The molecule has 0 aliphatic carbocycles. The van der Waals surface area contributed by atoms with E-state index >= 15 is 0 Å². The summed E-state index contributed by atoms with van der Waals surface area (Å²) in [6.07, 6.45) is 4.74. The summed E-state index contributed by atoms with van der Waals surface area (Å²) in [6, 6.07) is 6.95. The molecule has 4 nitrogen and oxygen atoms in total. The van der Waals surface area contributed by atoms with Crippen LogP contribution in [0.2, 0.25) is 0 Å². The van der Waals surface area contributed by atoms with E-state index in [0.717, 1.165) is 31.6 Å². The quantitative estimate of drug-likeness (QED) is 0.818. The Bertz CT molecular complexity index is 505. The van der Waals surface area contributed by atoms with Crippen LogP contribution in [0.5, 0.6) is 0 Å². The van der Waals surface area contributed by atoms with Crippen LogP contribution in [-0.2, 0) is 10.0 Å². The van der Waals surface area contributed by atoms with Crippen molar-refractivity contribution in [1.29, 1.82) is 0 Å². The van der Waals surface area contributed by atoms with Crippen molar-refractivity contribution in [3.63, 3.8) is 0 Å². The van der Waals surface area contributed by atoms with Gasteiger partial charge in [-0.25, -0.2) is 13.1 Å². The lowest BCUT2D eigenvalue weighted by atomic mass is 10.1. The molecule has 1 aliphatic rings. The van der Waals surface area contributed by atoms with Gasteiger partial charge in [0.15, 0.2) is 0 Å². The lowest BCUT2D eigenvalue weighted by Crippen LogP contribution is -2.33. The second kappa shape index (κ2) is 7.20. The molecule has 2 rings (SSSR count). The van der Waals surface area contributed by atoms with Crippen molar-refractivity contribution in [3.8, 4) is 0 Å². The summed E-state index contributed by atoms with van der Waals surface area (Å²) in [5, 5.41) is 0. The molecule has 0 atom stereocenters. The van der Waals surface area contributed by atoms with Gasteiger partial charge < -0.3 is 4.90 Å². The Labute approximate surface area is 122 Å². The fourth-order valence-corrected chi connectivity index (χ4v) is 3.57. The molecule has 1 fully saturated rings. The molecular formula is C15H24N2O2S. The van der Waals surface area contributed by atoms with Crippen LogP contribution in [0.4, 0.5) is 0 Å². The summed E-state index contributed by atoms with van der Waals surface area (Å²) < 4.78 is 26.8. The second-order valence-corrected chi connectivity index (χ2v) is 7.23. The molecule has 20 heavy (non-hydrogen) atoms. The molecule has 1 saturated heterocycles. The minimum atomic E-state index is -3.35. The fourth-order valence-electron chi connectivity index (χ4n) is 2.49. The molecule has 0 saturated carbocycles. The number of aryl methyl sites for hydroxylation is 1. The van der Waals surface area contributed by atoms with E-state index in [-0.39, 0.29) is 0 Å². The first-order chi connectivity index (χ1) is 9.58. The predicted molar refractivity (Wildman–Crippen MR) is 81.3 cm³/mol. The maximum absolute atomic E-state index is 12.1. The third kappa shape index (κ3) is 4.58. The van der Waals surface area contributed by atoms with Gasteiger partial charge in [0.2, 0.25) is 10.0 Å². The zero-order valence-electron chi connectivity index (χ0n) is 12.1. The molecule has 1 aromatic rings. The Morgan fingerprint density at radius 3 is 2.40 bits per heavy atom. The number of nitrogens with zero attached hydrogens (tertiary/aromatic N) is 1. The van der Waals surface area contributed by atoms with Crippen LogP contribution < -0.4 is 4.72 Å². The molecule has 5 heteroatoms. The van der Waals surface area contributed by atoms with Crippen molar-refractivity contribution in [2.75, 3.05) is 26.2 Å². The van der Waals surface area contributed by atoms with Crippen molar-refractivity contribution >= 4 is 10.0 Å². The number of hydrogen-bond donors (Lipinski definition) is 1. The molecule has 0 radical (unpaired) electrons. The van der Waals surface area contributed by atoms with Gasteiger partial charge in [-0.1, -0.05) is 24.1 Å². The van der Waals surface area contributed by atoms with Crippen LogP contribution in [0.1, 0.15) is 31.2 Å². The molecule has 1 aromatic carbocycles. The summed E-state index contributed by atoms with van der Waals surface area (Å²) in [5.41, 5.74) is 1.06. The highest BCUT2D eigenvalue weighted by Crippen LogP contribution is 2.10. The van der Waals surface area contributed by atoms with Gasteiger partial charge >= 0.3 is 0 Å². The number of nitrogens with one attached hydrogen (secondary N) is 1. The molecule has 1 aliphatic heterocycles. The first-order valence-electron chi connectivity index (χ1n) is 7.37. The average Bonchev–Trinajstić information content (AvgIpc) is 2.45. The monoisotopic (exact) mass is 296 g/mol. The van der Waals surface area contributed by atoms with Crippen LogP contribution in [0, 0.1) is 6.92 Å². The zero-order valence-corrected chi connectivity index (χ0v) is 13.0. The number of piperidine rings is 1. The van der Waals surface area contributed by atoms with E-state index < -0.39 is 10.0 Å². The van der Waals surface area contributed by atoms with Crippen molar-refractivity contribution in [1.82, 2.24) is 9.62 Å². The summed E-state index contributed by atoms with van der Waals surface area (Å²) in [7, 11) is -3.35. The van der Waals surface area contributed by atoms with Crippen molar-refractivity contribution in [2.24, 2.45) is 0 Å². The van der Waals surface area contributed by atoms with Crippen molar-refractivity contribution < 1.29 is 8.42 Å². The van der Waals surface area contributed by atoms with E-state index in [1.54, 1.807) is 12.1 Å². The van der Waals surface area contributed by atoms with E-state index in [4.69, 9.17) is 0 Å². The highest BCUT2D eigenvalue weighted by atomic mass is 32.2. The van der Waals surface area contributed by atoms with E-state index in [1.165, 1.54) is 19.3 Å². The Morgan fingerprint density at radius 2 is 1.75 bits per heavy atom. The third-order valence-corrected chi connectivity index (χ3v) is 5.20. The normalized spacial score (nSPS) is 17.2. The molecule has 0 bridgehead atoms. The number of likely N-dealkylation sites (tertiary alicyclic amines) is 1. The fraction of sp³-hybridized carbons (Fsp3) is 0.600. The van der Waals surface area contributed by atoms with Crippen LogP contribution in [-0.4, -0.2) is 39.5 Å². The van der Waals surface area contributed by atoms with Gasteiger partial charge in [-0.3, -0.25) is 0 Å². The second-order valence-electron chi connectivity index (χ2n) is 5.47. The van der Waals surface area contributed by atoms with Gasteiger partial charge in [0.1, 0.15) is 0 Å². The summed E-state index contributed by atoms with van der Waals surface area (Å²) in [6.45, 7) is 5.75. The lowest BCUT2D eigenvalue weighted by molar-refractivity contribution is 0.227. The van der Waals surface area contributed by atoms with Gasteiger partial charge in [0, 0.05) is 6.54 Å². The Kier molecular flexibility index (Phi) is 5.57. The minimum Gasteiger partial charge on any atom is -0.303 e. The van der Waals surface area contributed by atoms with Crippen LogP contribution in [0.25, 0.3) is 0 Å². The molecular weight excluding hydrogens is 272 g/mol. The minimum absolute atomic E-state index is 0.348. The van der Waals surface area contributed by atoms with E-state index in [1.807, 2.05) is 19.1 Å². The van der Waals surface area contributed by atoms with Crippen LogP contribution in [0.15, 0.2) is 29.2 Å². The molecule has 1 heterocycles. The van der Waals surface area contributed by atoms with Gasteiger partial charge in [-0.2, -0.15) is 0 Å². The summed E-state index contributed by atoms with van der Waals surface area (Å²) in [5.74, 6) is 0. The number of sulfonamides is 1. The van der Waals surface area contributed by atoms with E-state index in [9.17, 15) is 8.42 Å². The number of rotatable bonds is 6. The highest BCUT2D eigenvalue weighted by molar-refractivity contribution is 7.89. The number of benzene rings is 1. The molecule has 0 aromatic heterocycles. The van der Waals surface area contributed by atoms with E-state index in [2.05, 4.69) is 9.62 Å². The first kappa shape index (κ1) is 15.5. The van der Waals surface area contributed by atoms with Crippen molar-refractivity contribution in [2.45, 2.75) is 37.5 Å². The number of hydrogen-bond acceptors (Lipinski definition) is 3. The largest absolute Gasteiger partial charge is 0.303 e. The predicted octanol–water partition coefficient (Wildman–Crippen LogP) is 2.15. The molecule has 0 spiro atoms. The first-order valence-corrected chi connectivity index (χ1v) is 8.85. The van der Waals surface area contributed by atoms with Crippen LogP contribution >= 0.6 is 0 Å². The van der Waals surface area contributed by atoms with Gasteiger partial charge in [0.25, 0.3) is 0 Å². The molecule has 112 valence electrons. The third-order valence-electron chi connectivity index (χ3n) is 3.72. The Balaban J connectivity index is 1.76. The van der Waals surface area contributed by atoms with Gasteiger partial charge in [-0.05, 0) is 58.0 Å². The Hall–Kier alpha value is -0.910. The SMILES string of the molecule is Cc1ccc(S(=O)(=O)NCCCN2CCCCC2)cc1. The topological polar surface area (TPSA) is 49.4 Å². The highest BCUT2D eigenvalue weighted by Gasteiger charge is 2.13.